The number of imidazole rings is 1. The molecule has 3 rings (SSSR count). The summed E-state index contributed by atoms with van der Waals surface area (Å²) in [7, 11) is 0. The third kappa shape index (κ3) is 3.38. The van der Waals surface area contributed by atoms with Crippen LogP contribution < -0.4 is 5.32 Å². The molecule has 1 fully saturated rings. The van der Waals surface area contributed by atoms with Crippen LogP contribution in [0.2, 0.25) is 0 Å². The molecule has 0 radical (unpaired) electrons. The Hall–Kier alpha value is -1.55. The number of H-pyrrole nitrogens is 1. The summed E-state index contributed by atoms with van der Waals surface area (Å²) in [6.07, 6.45) is 6.43. The maximum absolute atomic E-state index is 5.57. The fraction of sp³-hybridized carbons (Fsp3) is 0.588. The largest absolute Gasteiger partial charge is 0.382 e. The van der Waals surface area contributed by atoms with Crippen molar-refractivity contribution in [1.82, 2.24) is 9.97 Å². The number of nitrogens with one attached hydrogen (secondary N) is 2. The van der Waals surface area contributed by atoms with E-state index >= 15 is 0 Å². The summed E-state index contributed by atoms with van der Waals surface area (Å²) >= 11 is 0. The van der Waals surface area contributed by atoms with Gasteiger partial charge in [-0.05, 0) is 43.7 Å². The van der Waals surface area contributed by atoms with Crippen LogP contribution in [0, 0.1) is 5.41 Å². The van der Waals surface area contributed by atoms with Crippen molar-refractivity contribution in [3.63, 3.8) is 0 Å². The second-order valence-corrected chi connectivity index (χ2v) is 6.11. The lowest BCUT2D eigenvalue weighted by molar-refractivity contribution is 0.108. The number of aromatic nitrogens is 2. The molecule has 1 aromatic heterocycles. The van der Waals surface area contributed by atoms with E-state index in [2.05, 4.69) is 28.3 Å². The molecule has 1 aliphatic carbocycles. The Bertz CT molecular complexity index is 539. The number of para-hydroxylation sites is 2. The molecule has 2 aromatic rings. The van der Waals surface area contributed by atoms with E-state index in [4.69, 9.17) is 4.74 Å². The zero-order chi connectivity index (χ0) is 14.5. The van der Waals surface area contributed by atoms with Crippen LogP contribution in [0.1, 0.15) is 39.0 Å². The van der Waals surface area contributed by atoms with Gasteiger partial charge in [-0.25, -0.2) is 4.98 Å². The molecule has 0 bridgehead atoms. The Morgan fingerprint density at radius 2 is 2.10 bits per heavy atom. The van der Waals surface area contributed by atoms with Gasteiger partial charge in [-0.2, -0.15) is 0 Å². The number of nitrogens with zero attached hydrogens (tertiary/aromatic N) is 1. The van der Waals surface area contributed by atoms with Crippen molar-refractivity contribution in [2.24, 2.45) is 5.41 Å². The van der Waals surface area contributed by atoms with Crippen LogP contribution in [0.4, 0.5) is 5.95 Å². The van der Waals surface area contributed by atoms with Crippen molar-refractivity contribution in [3.8, 4) is 0 Å². The van der Waals surface area contributed by atoms with E-state index in [0.29, 0.717) is 5.41 Å². The Balaban J connectivity index is 1.63. The zero-order valence-electron chi connectivity index (χ0n) is 12.8. The second kappa shape index (κ2) is 6.48. The third-order valence-electron chi connectivity index (χ3n) is 4.67. The molecule has 1 heterocycles. The van der Waals surface area contributed by atoms with Crippen molar-refractivity contribution in [2.45, 2.75) is 39.0 Å². The standard InChI is InChI=1S/C17H25N3O/c1-2-21-12-11-17(9-5-6-10-17)13-18-16-19-14-7-3-4-8-15(14)20-16/h3-4,7-8H,2,5-6,9-13H2,1H3,(H2,18,19,20). The van der Waals surface area contributed by atoms with Crippen LogP contribution in [0.25, 0.3) is 11.0 Å². The maximum atomic E-state index is 5.57. The highest BCUT2D eigenvalue weighted by atomic mass is 16.5. The number of benzene rings is 1. The quantitative estimate of drug-likeness (QED) is 0.758. The average molecular weight is 287 g/mol. The number of rotatable bonds is 7. The first-order valence-electron chi connectivity index (χ1n) is 8.08. The van der Waals surface area contributed by atoms with Gasteiger partial charge in [0.2, 0.25) is 5.95 Å². The molecule has 0 atom stereocenters. The number of fused-ring (bicyclic) bond motifs is 1. The minimum Gasteiger partial charge on any atom is -0.382 e. The first-order chi connectivity index (χ1) is 10.3. The Kier molecular flexibility index (Phi) is 4.44. The molecule has 1 aromatic carbocycles. The molecule has 21 heavy (non-hydrogen) atoms. The predicted molar refractivity (Wildman–Crippen MR) is 86.6 cm³/mol. The summed E-state index contributed by atoms with van der Waals surface area (Å²) in [5.41, 5.74) is 2.50. The highest BCUT2D eigenvalue weighted by Crippen LogP contribution is 2.41. The fourth-order valence-electron chi connectivity index (χ4n) is 3.38. The predicted octanol–water partition coefficient (Wildman–Crippen LogP) is 3.96. The Morgan fingerprint density at radius 1 is 1.29 bits per heavy atom. The number of hydrogen-bond acceptors (Lipinski definition) is 3. The molecular weight excluding hydrogens is 262 g/mol. The van der Waals surface area contributed by atoms with Crippen LogP contribution in [-0.4, -0.2) is 29.7 Å². The van der Waals surface area contributed by atoms with Gasteiger partial charge in [0.25, 0.3) is 0 Å². The summed E-state index contributed by atoms with van der Waals surface area (Å²) in [5, 5.41) is 3.52. The van der Waals surface area contributed by atoms with Gasteiger partial charge in [-0.15, -0.1) is 0 Å². The summed E-state index contributed by atoms with van der Waals surface area (Å²) in [6.45, 7) is 4.74. The SMILES string of the molecule is CCOCCC1(CNc2nc3ccccc3[nH]2)CCCC1. The van der Waals surface area contributed by atoms with Gasteiger partial charge in [0.05, 0.1) is 11.0 Å². The summed E-state index contributed by atoms with van der Waals surface area (Å²) < 4.78 is 5.57. The van der Waals surface area contributed by atoms with Gasteiger partial charge in [0.15, 0.2) is 0 Å². The maximum Gasteiger partial charge on any atom is 0.201 e. The van der Waals surface area contributed by atoms with E-state index in [1.807, 2.05) is 18.2 Å². The molecule has 2 N–H and O–H groups in total. The zero-order valence-corrected chi connectivity index (χ0v) is 12.8. The first kappa shape index (κ1) is 14.4. The molecule has 0 saturated heterocycles. The lowest BCUT2D eigenvalue weighted by Crippen LogP contribution is -2.28. The topological polar surface area (TPSA) is 49.9 Å². The van der Waals surface area contributed by atoms with E-state index in [1.165, 1.54) is 25.7 Å². The smallest absolute Gasteiger partial charge is 0.201 e. The van der Waals surface area contributed by atoms with E-state index in [0.717, 1.165) is 43.2 Å². The van der Waals surface area contributed by atoms with E-state index in [1.54, 1.807) is 0 Å². The van der Waals surface area contributed by atoms with Crippen molar-refractivity contribution >= 4 is 17.0 Å². The molecule has 0 aliphatic heterocycles. The Morgan fingerprint density at radius 3 is 2.86 bits per heavy atom. The van der Waals surface area contributed by atoms with Crippen molar-refractivity contribution in [1.29, 1.82) is 0 Å². The van der Waals surface area contributed by atoms with Crippen LogP contribution in [0.5, 0.6) is 0 Å². The molecule has 114 valence electrons. The van der Waals surface area contributed by atoms with Crippen LogP contribution in [0.15, 0.2) is 24.3 Å². The molecule has 1 aliphatic rings. The second-order valence-electron chi connectivity index (χ2n) is 6.11. The summed E-state index contributed by atoms with van der Waals surface area (Å²) in [5.74, 6) is 0.888. The molecule has 0 amide bonds. The van der Waals surface area contributed by atoms with Crippen LogP contribution in [0.3, 0.4) is 0 Å². The van der Waals surface area contributed by atoms with Gasteiger partial charge in [-0.1, -0.05) is 25.0 Å². The molecule has 1 saturated carbocycles. The number of anilines is 1. The fourth-order valence-corrected chi connectivity index (χ4v) is 3.38. The van der Waals surface area contributed by atoms with Gasteiger partial charge >= 0.3 is 0 Å². The van der Waals surface area contributed by atoms with Crippen molar-refractivity contribution in [2.75, 3.05) is 25.1 Å². The minimum absolute atomic E-state index is 0.383. The molecule has 0 spiro atoms. The van der Waals surface area contributed by atoms with Gasteiger partial charge in [-0.3, -0.25) is 0 Å². The van der Waals surface area contributed by atoms with Crippen molar-refractivity contribution in [3.05, 3.63) is 24.3 Å². The van der Waals surface area contributed by atoms with Gasteiger partial charge < -0.3 is 15.0 Å². The number of aromatic amines is 1. The lowest BCUT2D eigenvalue weighted by atomic mass is 9.83. The molecule has 4 heteroatoms. The number of hydrogen-bond donors (Lipinski definition) is 2. The highest BCUT2D eigenvalue weighted by molar-refractivity contribution is 5.77. The average Bonchev–Trinajstić information content (AvgIpc) is 3.12. The van der Waals surface area contributed by atoms with Gasteiger partial charge in [0, 0.05) is 19.8 Å². The van der Waals surface area contributed by atoms with Crippen molar-refractivity contribution < 1.29 is 4.74 Å². The van der Waals surface area contributed by atoms with E-state index in [-0.39, 0.29) is 0 Å². The van der Waals surface area contributed by atoms with E-state index < -0.39 is 0 Å². The summed E-state index contributed by atoms with van der Waals surface area (Å²) in [6, 6.07) is 8.16. The molecule has 0 unspecified atom stereocenters. The van der Waals surface area contributed by atoms with Gasteiger partial charge in [0.1, 0.15) is 0 Å². The van der Waals surface area contributed by atoms with Crippen LogP contribution in [-0.2, 0) is 4.74 Å². The highest BCUT2D eigenvalue weighted by Gasteiger charge is 2.33. The Labute approximate surface area is 126 Å². The van der Waals surface area contributed by atoms with Crippen LogP contribution >= 0.6 is 0 Å². The lowest BCUT2D eigenvalue weighted by Gasteiger charge is -2.29. The summed E-state index contributed by atoms with van der Waals surface area (Å²) in [4.78, 5) is 7.95. The molecular formula is C17H25N3O. The normalized spacial score (nSPS) is 17.4. The minimum atomic E-state index is 0.383. The first-order valence-corrected chi connectivity index (χ1v) is 8.08. The third-order valence-corrected chi connectivity index (χ3v) is 4.67. The monoisotopic (exact) mass is 287 g/mol. The van der Waals surface area contributed by atoms with E-state index in [9.17, 15) is 0 Å². The molecule has 4 nitrogen and oxygen atoms in total. The number of ether oxygens (including phenoxy) is 1.